The quantitative estimate of drug-likeness (QED) is 0.770. The van der Waals surface area contributed by atoms with Crippen LogP contribution in [-0.4, -0.2) is 36.7 Å². The fourth-order valence-corrected chi connectivity index (χ4v) is 4.62. The van der Waals surface area contributed by atoms with Gasteiger partial charge in [0.2, 0.25) is 0 Å². The molecule has 2 heterocycles. The van der Waals surface area contributed by atoms with E-state index in [0.29, 0.717) is 0 Å². The molecule has 2 fully saturated rings. The van der Waals surface area contributed by atoms with Crippen LogP contribution < -0.4 is 10.6 Å². The molecular formula is C8H18Cl2N2S2. The van der Waals surface area contributed by atoms with Gasteiger partial charge in [0.05, 0.1) is 0 Å². The zero-order valence-corrected chi connectivity index (χ0v) is 11.3. The molecule has 0 spiro atoms. The lowest BCUT2D eigenvalue weighted by molar-refractivity contribution is 0.858. The summed E-state index contributed by atoms with van der Waals surface area (Å²) in [4.78, 5) is 0. The Morgan fingerprint density at radius 2 is 1.21 bits per heavy atom. The molecule has 2 nitrogen and oxygen atoms in total. The molecule has 2 N–H and O–H groups in total. The molecule has 6 heteroatoms. The molecule has 2 saturated heterocycles. The Bertz CT molecular complexity index is 123. The van der Waals surface area contributed by atoms with Gasteiger partial charge < -0.3 is 10.6 Å². The standard InChI is InChI=1S/C8H16N2S2.2ClH/c1-3-9-5-7(1)11-12-8-2-4-10-6-8;;/h7-10H,1-6H2;2*1H. The van der Waals surface area contributed by atoms with E-state index in [4.69, 9.17) is 0 Å². The van der Waals surface area contributed by atoms with E-state index in [-0.39, 0.29) is 24.8 Å². The van der Waals surface area contributed by atoms with Crippen molar-refractivity contribution in [3.05, 3.63) is 0 Å². The van der Waals surface area contributed by atoms with E-state index in [1.165, 1.54) is 39.0 Å². The second-order valence-electron chi connectivity index (χ2n) is 3.42. The summed E-state index contributed by atoms with van der Waals surface area (Å²) in [6.07, 6.45) is 2.72. The lowest BCUT2D eigenvalue weighted by atomic mass is 10.4. The summed E-state index contributed by atoms with van der Waals surface area (Å²) in [7, 11) is 4.19. The molecule has 14 heavy (non-hydrogen) atoms. The van der Waals surface area contributed by atoms with Crippen LogP contribution in [0.25, 0.3) is 0 Å². The fraction of sp³-hybridized carbons (Fsp3) is 1.00. The molecule has 0 aliphatic carbocycles. The van der Waals surface area contributed by atoms with Crippen LogP contribution in [0.15, 0.2) is 0 Å². The summed E-state index contributed by atoms with van der Waals surface area (Å²) in [5.74, 6) is 0. The maximum absolute atomic E-state index is 3.40. The molecule has 0 bridgehead atoms. The molecule has 86 valence electrons. The Kier molecular flexibility index (Phi) is 9.08. The van der Waals surface area contributed by atoms with Crippen molar-refractivity contribution in [3.8, 4) is 0 Å². The highest BCUT2D eigenvalue weighted by atomic mass is 35.5. The van der Waals surface area contributed by atoms with E-state index in [1.807, 2.05) is 0 Å². The highest BCUT2D eigenvalue weighted by Gasteiger charge is 2.20. The number of nitrogens with one attached hydrogen (secondary N) is 2. The number of hydrogen-bond acceptors (Lipinski definition) is 4. The summed E-state index contributed by atoms with van der Waals surface area (Å²) in [5, 5.41) is 8.54. The normalized spacial score (nSPS) is 30.9. The highest BCUT2D eigenvalue weighted by molar-refractivity contribution is 8.77. The van der Waals surface area contributed by atoms with Crippen LogP contribution in [0.5, 0.6) is 0 Å². The van der Waals surface area contributed by atoms with Crippen LogP contribution in [0, 0.1) is 0 Å². The van der Waals surface area contributed by atoms with Gasteiger partial charge >= 0.3 is 0 Å². The van der Waals surface area contributed by atoms with E-state index in [1.54, 1.807) is 0 Å². The van der Waals surface area contributed by atoms with Crippen LogP contribution >= 0.6 is 46.4 Å². The van der Waals surface area contributed by atoms with Gasteiger partial charge in [0, 0.05) is 23.6 Å². The van der Waals surface area contributed by atoms with Crippen LogP contribution in [0.3, 0.4) is 0 Å². The van der Waals surface area contributed by atoms with Gasteiger partial charge in [0.1, 0.15) is 0 Å². The molecule has 0 amide bonds. The maximum atomic E-state index is 3.40. The summed E-state index contributed by atoms with van der Waals surface area (Å²) >= 11 is 0. The topological polar surface area (TPSA) is 24.1 Å². The van der Waals surface area contributed by atoms with Crippen molar-refractivity contribution >= 4 is 46.4 Å². The summed E-state index contributed by atoms with van der Waals surface area (Å²) in [6, 6.07) is 0. The molecule has 2 rings (SSSR count). The van der Waals surface area contributed by atoms with Gasteiger partial charge in [-0.15, -0.1) is 24.8 Å². The van der Waals surface area contributed by atoms with Gasteiger partial charge in [-0.1, -0.05) is 21.6 Å². The average molecular weight is 277 g/mol. The molecule has 0 saturated carbocycles. The van der Waals surface area contributed by atoms with Crippen molar-refractivity contribution in [2.24, 2.45) is 0 Å². The first-order chi connectivity index (χ1) is 5.95. The summed E-state index contributed by atoms with van der Waals surface area (Å²) in [5.41, 5.74) is 0. The fourth-order valence-electron chi connectivity index (χ4n) is 1.58. The molecule has 2 atom stereocenters. The third-order valence-corrected chi connectivity index (χ3v) is 5.78. The van der Waals surface area contributed by atoms with Gasteiger partial charge in [-0.05, 0) is 25.9 Å². The Morgan fingerprint density at radius 3 is 1.50 bits per heavy atom. The zero-order chi connectivity index (χ0) is 8.23. The van der Waals surface area contributed by atoms with Crippen molar-refractivity contribution in [1.29, 1.82) is 0 Å². The van der Waals surface area contributed by atoms with Crippen molar-refractivity contribution in [1.82, 2.24) is 10.6 Å². The molecule has 2 aliphatic rings. The molecule has 0 aromatic heterocycles. The summed E-state index contributed by atoms with van der Waals surface area (Å²) < 4.78 is 0. The number of rotatable bonds is 3. The van der Waals surface area contributed by atoms with Crippen molar-refractivity contribution in [2.75, 3.05) is 26.2 Å². The Hall–Kier alpha value is 1.20. The van der Waals surface area contributed by atoms with E-state index in [2.05, 4.69) is 32.2 Å². The average Bonchev–Trinajstić information content (AvgIpc) is 2.74. The van der Waals surface area contributed by atoms with E-state index >= 15 is 0 Å². The van der Waals surface area contributed by atoms with Gasteiger partial charge in [0.25, 0.3) is 0 Å². The number of halogens is 2. The van der Waals surface area contributed by atoms with Gasteiger partial charge in [-0.2, -0.15) is 0 Å². The largest absolute Gasteiger partial charge is 0.316 e. The predicted octanol–water partition coefficient (Wildman–Crippen LogP) is 1.94. The van der Waals surface area contributed by atoms with Crippen LogP contribution in [-0.2, 0) is 0 Å². The van der Waals surface area contributed by atoms with Crippen LogP contribution in [0.2, 0.25) is 0 Å². The molecule has 0 radical (unpaired) electrons. The molecule has 0 aromatic rings. The minimum Gasteiger partial charge on any atom is -0.316 e. The van der Waals surface area contributed by atoms with Gasteiger partial charge in [0.15, 0.2) is 0 Å². The Balaban J connectivity index is 0.000000845. The van der Waals surface area contributed by atoms with Crippen LogP contribution in [0.1, 0.15) is 12.8 Å². The smallest absolute Gasteiger partial charge is 0.0288 e. The molecule has 2 unspecified atom stereocenters. The first kappa shape index (κ1) is 15.2. The van der Waals surface area contributed by atoms with E-state index < -0.39 is 0 Å². The first-order valence-corrected chi connectivity index (χ1v) is 6.96. The second kappa shape index (κ2) is 8.36. The van der Waals surface area contributed by atoms with Crippen molar-refractivity contribution < 1.29 is 0 Å². The van der Waals surface area contributed by atoms with Gasteiger partial charge in [-0.3, -0.25) is 0 Å². The lowest BCUT2D eigenvalue weighted by Gasteiger charge is -2.10. The van der Waals surface area contributed by atoms with E-state index in [0.717, 1.165) is 10.5 Å². The SMILES string of the molecule is C1CC(SSC2CCNC2)CN1.Cl.Cl. The van der Waals surface area contributed by atoms with Gasteiger partial charge in [-0.25, -0.2) is 0 Å². The molecule has 2 aliphatic heterocycles. The second-order valence-corrected chi connectivity index (χ2v) is 6.29. The zero-order valence-electron chi connectivity index (χ0n) is 8.03. The van der Waals surface area contributed by atoms with Crippen molar-refractivity contribution in [3.63, 3.8) is 0 Å². The third-order valence-electron chi connectivity index (χ3n) is 2.36. The lowest BCUT2D eigenvalue weighted by Crippen LogP contribution is -2.11. The van der Waals surface area contributed by atoms with Crippen LogP contribution in [0.4, 0.5) is 0 Å². The Morgan fingerprint density at radius 1 is 0.786 bits per heavy atom. The third kappa shape index (κ3) is 4.81. The number of hydrogen-bond donors (Lipinski definition) is 2. The highest BCUT2D eigenvalue weighted by Crippen LogP contribution is 2.35. The molecule has 0 aromatic carbocycles. The minimum atomic E-state index is 0. The maximum Gasteiger partial charge on any atom is 0.0288 e. The predicted molar refractivity (Wildman–Crippen MR) is 72.2 cm³/mol. The Labute approximate surface area is 106 Å². The molecular weight excluding hydrogens is 259 g/mol. The minimum absolute atomic E-state index is 0. The van der Waals surface area contributed by atoms with E-state index in [9.17, 15) is 0 Å². The summed E-state index contributed by atoms with van der Waals surface area (Å²) in [6.45, 7) is 4.89. The first-order valence-electron chi connectivity index (χ1n) is 4.69. The van der Waals surface area contributed by atoms with Crippen molar-refractivity contribution in [2.45, 2.75) is 23.3 Å². The monoisotopic (exact) mass is 276 g/mol.